The highest BCUT2D eigenvalue weighted by atomic mass is 19.4. The molecule has 1 aromatic carbocycles. The van der Waals surface area contributed by atoms with Crippen molar-refractivity contribution in [3.05, 3.63) is 66.2 Å². The third kappa shape index (κ3) is 6.50. The number of alkyl halides is 3. The molecule has 0 aliphatic heterocycles. The highest BCUT2D eigenvalue weighted by Gasteiger charge is 2.28. The first-order chi connectivity index (χ1) is 14.4. The Balaban J connectivity index is 1.50. The number of ether oxygens (including phenoxy) is 1. The number of rotatable bonds is 7. The van der Waals surface area contributed by atoms with Gasteiger partial charge < -0.3 is 19.8 Å². The van der Waals surface area contributed by atoms with E-state index in [0.29, 0.717) is 36.2 Å². The molecule has 0 unspecified atom stereocenters. The molecule has 0 atom stereocenters. The van der Waals surface area contributed by atoms with Crippen LogP contribution in [0, 0.1) is 0 Å². The molecule has 3 aromatic rings. The second-order valence-corrected chi connectivity index (χ2v) is 6.20. The molecule has 2 N–H and O–H groups in total. The highest BCUT2D eigenvalue weighted by molar-refractivity contribution is 5.79. The van der Waals surface area contributed by atoms with Gasteiger partial charge in [-0.15, -0.1) is 0 Å². The van der Waals surface area contributed by atoms with E-state index < -0.39 is 12.8 Å². The van der Waals surface area contributed by atoms with Crippen LogP contribution >= 0.6 is 0 Å². The number of oxazole rings is 1. The molecule has 10 heteroatoms. The number of benzene rings is 1. The van der Waals surface area contributed by atoms with E-state index in [2.05, 4.69) is 30.3 Å². The minimum absolute atomic E-state index is 0.0920. The fourth-order valence-corrected chi connectivity index (χ4v) is 2.48. The summed E-state index contributed by atoms with van der Waals surface area (Å²) >= 11 is 0. The molecular formula is C20H20F3N5O2. The number of guanidine groups is 1. The molecule has 30 heavy (non-hydrogen) atoms. The summed E-state index contributed by atoms with van der Waals surface area (Å²) < 4.78 is 46.9. The Labute approximate surface area is 171 Å². The van der Waals surface area contributed by atoms with Gasteiger partial charge >= 0.3 is 6.18 Å². The van der Waals surface area contributed by atoms with Crippen molar-refractivity contribution in [3.63, 3.8) is 0 Å². The molecule has 0 aliphatic rings. The van der Waals surface area contributed by atoms with E-state index in [0.717, 1.165) is 5.56 Å². The van der Waals surface area contributed by atoms with Gasteiger partial charge in [0.2, 0.25) is 11.8 Å². The van der Waals surface area contributed by atoms with Crippen molar-refractivity contribution in [3.8, 4) is 17.3 Å². The first kappa shape index (κ1) is 21.2. The van der Waals surface area contributed by atoms with Gasteiger partial charge in [-0.05, 0) is 23.8 Å². The summed E-state index contributed by atoms with van der Waals surface area (Å²) in [6.07, 6.45) is -1.46. The van der Waals surface area contributed by atoms with E-state index in [-0.39, 0.29) is 5.88 Å². The van der Waals surface area contributed by atoms with E-state index in [1.807, 2.05) is 30.3 Å². The van der Waals surface area contributed by atoms with Crippen molar-refractivity contribution >= 4 is 5.96 Å². The van der Waals surface area contributed by atoms with E-state index in [9.17, 15) is 13.2 Å². The van der Waals surface area contributed by atoms with Gasteiger partial charge in [-0.25, -0.2) is 9.97 Å². The SMILES string of the molecule is CN=C(NCc1ccnc(OCC(F)(F)F)c1)NCc1coc(-c2ccccc2)n1. The van der Waals surface area contributed by atoms with Crippen LogP contribution in [0.5, 0.6) is 5.88 Å². The molecular weight excluding hydrogens is 399 g/mol. The second kappa shape index (κ2) is 9.77. The Bertz CT molecular complexity index is 974. The predicted octanol–water partition coefficient (Wildman–Crippen LogP) is 3.54. The molecule has 3 rings (SSSR count). The molecule has 0 spiro atoms. The van der Waals surface area contributed by atoms with Crippen LogP contribution in [0.25, 0.3) is 11.5 Å². The number of halogens is 3. The lowest BCUT2D eigenvalue weighted by Gasteiger charge is -2.12. The Morgan fingerprint density at radius 1 is 1.13 bits per heavy atom. The first-order valence-electron chi connectivity index (χ1n) is 9.02. The molecule has 0 saturated carbocycles. The number of pyridine rings is 1. The van der Waals surface area contributed by atoms with E-state index >= 15 is 0 Å². The maximum atomic E-state index is 12.3. The number of hydrogen-bond donors (Lipinski definition) is 2. The van der Waals surface area contributed by atoms with Crippen molar-refractivity contribution in [1.29, 1.82) is 0 Å². The Morgan fingerprint density at radius 3 is 2.63 bits per heavy atom. The topological polar surface area (TPSA) is 84.6 Å². The van der Waals surface area contributed by atoms with Crippen LogP contribution in [0.3, 0.4) is 0 Å². The summed E-state index contributed by atoms with van der Waals surface area (Å²) in [6.45, 7) is -0.687. The van der Waals surface area contributed by atoms with Gasteiger partial charge in [-0.3, -0.25) is 4.99 Å². The first-order valence-corrected chi connectivity index (χ1v) is 9.02. The predicted molar refractivity (Wildman–Crippen MR) is 105 cm³/mol. The maximum absolute atomic E-state index is 12.3. The Morgan fingerprint density at radius 2 is 1.90 bits per heavy atom. The van der Waals surface area contributed by atoms with Crippen molar-refractivity contribution < 1.29 is 22.3 Å². The molecule has 7 nitrogen and oxygen atoms in total. The summed E-state index contributed by atoms with van der Waals surface area (Å²) in [4.78, 5) is 12.3. The standard InChI is InChI=1S/C20H20F3N5O2/c1-24-19(26-10-14-7-8-25-17(9-14)30-13-20(21,22)23)27-11-16-12-29-18(28-16)15-5-3-2-4-6-15/h2-9,12H,10-11,13H2,1H3,(H2,24,26,27). The van der Waals surface area contributed by atoms with Gasteiger partial charge in [0.05, 0.1) is 12.2 Å². The smallest absolute Gasteiger partial charge is 0.422 e. The van der Waals surface area contributed by atoms with Crippen LogP contribution in [-0.2, 0) is 13.1 Å². The molecule has 2 heterocycles. The zero-order valence-electron chi connectivity index (χ0n) is 16.1. The fraction of sp³-hybridized carbons (Fsp3) is 0.250. The average molecular weight is 419 g/mol. The summed E-state index contributed by atoms with van der Waals surface area (Å²) in [6, 6.07) is 12.7. The van der Waals surface area contributed by atoms with Crippen LogP contribution in [0.4, 0.5) is 13.2 Å². The number of hydrogen-bond acceptors (Lipinski definition) is 5. The lowest BCUT2D eigenvalue weighted by molar-refractivity contribution is -0.154. The minimum Gasteiger partial charge on any atom is -0.468 e. The molecule has 158 valence electrons. The van der Waals surface area contributed by atoms with Gasteiger partial charge in [-0.2, -0.15) is 13.2 Å². The minimum atomic E-state index is -4.41. The largest absolute Gasteiger partial charge is 0.468 e. The lowest BCUT2D eigenvalue weighted by atomic mass is 10.2. The van der Waals surface area contributed by atoms with Crippen molar-refractivity contribution in [1.82, 2.24) is 20.6 Å². The molecule has 0 radical (unpaired) electrons. The van der Waals surface area contributed by atoms with Gasteiger partial charge in [-0.1, -0.05) is 18.2 Å². The molecule has 0 aliphatic carbocycles. The molecule has 0 saturated heterocycles. The zero-order valence-corrected chi connectivity index (χ0v) is 16.1. The molecule has 0 fully saturated rings. The Hall–Kier alpha value is -3.56. The van der Waals surface area contributed by atoms with Crippen molar-refractivity contribution in [2.75, 3.05) is 13.7 Å². The lowest BCUT2D eigenvalue weighted by Crippen LogP contribution is -2.36. The molecule has 0 amide bonds. The summed E-state index contributed by atoms with van der Waals surface area (Å²) in [5.41, 5.74) is 2.27. The maximum Gasteiger partial charge on any atom is 0.422 e. The normalized spacial score (nSPS) is 11.9. The van der Waals surface area contributed by atoms with E-state index in [4.69, 9.17) is 4.42 Å². The van der Waals surface area contributed by atoms with Crippen LogP contribution in [-0.4, -0.2) is 35.8 Å². The number of nitrogens with zero attached hydrogens (tertiary/aromatic N) is 3. The van der Waals surface area contributed by atoms with Gasteiger partial charge in [0.15, 0.2) is 12.6 Å². The van der Waals surface area contributed by atoms with E-state index in [1.54, 1.807) is 19.4 Å². The van der Waals surface area contributed by atoms with Crippen LogP contribution in [0.2, 0.25) is 0 Å². The number of aromatic nitrogens is 2. The zero-order chi connectivity index (χ0) is 21.4. The summed E-state index contributed by atoms with van der Waals surface area (Å²) in [5, 5.41) is 6.17. The van der Waals surface area contributed by atoms with Crippen LogP contribution in [0.1, 0.15) is 11.3 Å². The van der Waals surface area contributed by atoms with Gasteiger partial charge in [0.25, 0.3) is 0 Å². The molecule has 2 aromatic heterocycles. The van der Waals surface area contributed by atoms with Crippen LogP contribution < -0.4 is 15.4 Å². The van der Waals surface area contributed by atoms with Crippen molar-refractivity contribution in [2.24, 2.45) is 4.99 Å². The number of nitrogens with one attached hydrogen (secondary N) is 2. The van der Waals surface area contributed by atoms with E-state index in [1.165, 1.54) is 12.3 Å². The monoisotopic (exact) mass is 419 g/mol. The average Bonchev–Trinajstić information content (AvgIpc) is 3.22. The third-order valence-corrected chi connectivity index (χ3v) is 3.88. The molecule has 0 bridgehead atoms. The number of aliphatic imine (C=N–C) groups is 1. The van der Waals surface area contributed by atoms with Crippen molar-refractivity contribution in [2.45, 2.75) is 19.3 Å². The summed E-state index contributed by atoms with van der Waals surface area (Å²) in [5.74, 6) is 0.929. The second-order valence-electron chi connectivity index (χ2n) is 6.20. The van der Waals surface area contributed by atoms with Gasteiger partial charge in [0.1, 0.15) is 6.26 Å². The summed E-state index contributed by atoms with van der Waals surface area (Å²) in [7, 11) is 1.61. The Kier molecular flexibility index (Phi) is 6.89. The quantitative estimate of drug-likeness (QED) is 0.450. The third-order valence-electron chi connectivity index (χ3n) is 3.88. The fourth-order valence-electron chi connectivity index (χ4n) is 2.48. The highest BCUT2D eigenvalue weighted by Crippen LogP contribution is 2.18. The van der Waals surface area contributed by atoms with Crippen LogP contribution in [0.15, 0.2) is 64.3 Å². The van der Waals surface area contributed by atoms with Gasteiger partial charge in [0, 0.05) is 31.4 Å².